The van der Waals surface area contributed by atoms with E-state index in [4.69, 9.17) is 11.5 Å². The molecule has 0 aliphatic carbocycles. The van der Waals surface area contributed by atoms with E-state index in [0.717, 1.165) is 12.3 Å². The van der Waals surface area contributed by atoms with Gasteiger partial charge in [-0.3, -0.25) is 0 Å². The first-order valence-corrected chi connectivity index (χ1v) is 4.68. The lowest BCUT2D eigenvalue weighted by atomic mass is 9.98. The van der Waals surface area contributed by atoms with Crippen LogP contribution >= 0.6 is 0 Å². The van der Waals surface area contributed by atoms with Gasteiger partial charge >= 0.3 is 0 Å². The minimum Gasteiger partial charge on any atom is -0.316 e. The van der Waals surface area contributed by atoms with Gasteiger partial charge in [-0.1, -0.05) is 33.1 Å². The second-order valence-electron chi connectivity index (χ2n) is 3.49. The van der Waals surface area contributed by atoms with Crippen LogP contribution in [0.5, 0.6) is 0 Å². The molecule has 0 aromatic carbocycles. The molecule has 1 atom stereocenters. The second kappa shape index (κ2) is 6.62. The van der Waals surface area contributed by atoms with Crippen molar-refractivity contribution in [3.05, 3.63) is 0 Å². The van der Waals surface area contributed by atoms with Gasteiger partial charge in [0.05, 0.1) is 6.17 Å². The van der Waals surface area contributed by atoms with Gasteiger partial charge in [-0.25, -0.2) is 0 Å². The molecule has 0 bridgehead atoms. The van der Waals surface area contributed by atoms with E-state index in [0.29, 0.717) is 0 Å². The first-order valence-electron chi connectivity index (χ1n) is 4.68. The molecule has 0 aromatic rings. The highest BCUT2D eigenvalue weighted by molar-refractivity contribution is 4.57. The molecule has 0 radical (unpaired) electrons. The van der Waals surface area contributed by atoms with E-state index in [1.54, 1.807) is 0 Å². The summed E-state index contributed by atoms with van der Waals surface area (Å²) in [6.07, 6.45) is 5.98. The van der Waals surface area contributed by atoms with Crippen molar-refractivity contribution in [1.82, 2.24) is 0 Å². The highest BCUT2D eigenvalue weighted by Gasteiger charge is 2.02. The summed E-state index contributed by atoms with van der Waals surface area (Å²) >= 11 is 0. The molecule has 4 N–H and O–H groups in total. The average Bonchev–Trinajstić information content (AvgIpc) is 1.97. The van der Waals surface area contributed by atoms with Crippen LogP contribution in [-0.2, 0) is 0 Å². The quantitative estimate of drug-likeness (QED) is 0.579. The molecule has 11 heavy (non-hydrogen) atoms. The maximum Gasteiger partial charge on any atom is 0.0520 e. The third-order valence-electron chi connectivity index (χ3n) is 2.04. The lowest BCUT2D eigenvalue weighted by Gasteiger charge is -2.11. The highest BCUT2D eigenvalue weighted by atomic mass is 14.8. The van der Waals surface area contributed by atoms with E-state index in [1.807, 2.05) is 0 Å². The lowest BCUT2D eigenvalue weighted by Crippen LogP contribution is -2.30. The summed E-state index contributed by atoms with van der Waals surface area (Å²) in [4.78, 5) is 0. The van der Waals surface area contributed by atoms with Crippen molar-refractivity contribution in [1.29, 1.82) is 0 Å². The summed E-state index contributed by atoms with van der Waals surface area (Å²) in [6.45, 7) is 4.50. The van der Waals surface area contributed by atoms with Crippen molar-refractivity contribution in [2.45, 2.75) is 52.1 Å². The molecule has 2 nitrogen and oxygen atoms in total. The normalized spacial score (nSPS) is 13.9. The number of hydrogen-bond acceptors (Lipinski definition) is 2. The van der Waals surface area contributed by atoms with Crippen LogP contribution in [0.15, 0.2) is 0 Å². The molecule has 0 spiro atoms. The van der Waals surface area contributed by atoms with Gasteiger partial charge in [-0.05, 0) is 18.8 Å². The Bertz CT molecular complexity index is 81.6. The zero-order valence-electron chi connectivity index (χ0n) is 7.84. The molecule has 0 amide bonds. The summed E-state index contributed by atoms with van der Waals surface area (Å²) in [5.41, 5.74) is 10.9. The lowest BCUT2D eigenvalue weighted by molar-refractivity contribution is 0.434. The van der Waals surface area contributed by atoms with Gasteiger partial charge in [0.2, 0.25) is 0 Å². The molecule has 0 saturated heterocycles. The van der Waals surface area contributed by atoms with Crippen LogP contribution in [0.3, 0.4) is 0 Å². The topological polar surface area (TPSA) is 52.0 Å². The number of rotatable bonds is 6. The van der Waals surface area contributed by atoms with E-state index in [-0.39, 0.29) is 6.17 Å². The molecule has 2 heteroatoms. The Labute approximate surface area is 70.3 Å². The second-order valence-corrected chi connectivity index (χ2v) is 3.49. The Morgan fingerprint density at radius 2 is 1.73 bits per heavy atom. The standard InChI is InChI=1S/C9H22N2/c1-3-4-5-8(2)6-7-9(10)11/h8-9H,3-7,10-11H2,1-2H3. The Morgan fingerprint density at radius 3 is 2.18 bits per heavy atom. The Hall–Kier alpha value is -0.0800. The van der Waals surface area contributed by atoms with Crippen molar-refractivity contribution in [2.75, 3.05) is 0 Å². The predicted octanol–water partition coefficient (Wildman–Crippen LogP) is 1.84. The zero-order chi connectivity index (χ0) is 8.69. The van der Waals surface area contributed by atoms with Crippen LogP contribution in [0.4, 0.5) is 0 Å². The zero-order valence-corrected chi connectivity index (χ0v) is 7.84. The third kappa shape index (κ3) is 7.82. The number of nitrogens with two attached hydrogens (primary N) is 2. The molecule has 0 saturated carbocycles. The molecule has 0 fully saturated rings. The molecule has 68 valence electrons. The summed E-state index contributed by atoms with van der Waals surface area (Å²) in [5.74, 6) is 0.796. The molecular weight excluding hydrogens is 136 g/mol. The van der Waals surface area contributed by atoms with E-state index >= 15 is 0 Å². The third-order valence-corrected chi connectivity index (χ3v) is 2.04. The molecule has 1 unspecified atom stereocenters. The van der Waals surface area contributed by atoms with Crippen LogP contribution in [0.25, 0.3) is 0 Å². The van der Waals surface area contributed by atoms with Gasteiger partial charge in [-0.15, -0.1) is 0 Å². The number of unbranched alkanes of at least 4 members (excludes halogenated alkanes) is 1. The van der Waals surface area contributed by atoms with Gasteiger partial charge in [0, 0.05) is 0 Å². The highest BCUT2D eigenvalue weighted by Crippen LogP contribution is 2.13. The van der Waals surface area contributed by atoms with Gasteiger partial charge in [0.1, 0.15) is 0 Å². The Kier molecular flexibility index (Phi) is 6.57. The van der Waals surface area contributed by atoms with Crippen LogP contribution < -0.4 is 11.5 Å². The van der Waals surface area contributed by atoms with E-state index < -0.39 is 0 Å². The molecule has 0 aliphatic heterocycles. The molecule has 0 heterocycles. The van der Waals surface area contributed by atoms with Crippen molar-refractivity contribution >= 4 is 0 Å². The first kappa shape index (κ1) is 10.9. The predicted molar refractivity (Wildman–Crippen MR) is 50.1 cm³/mol. The van der Waals surface area contributed by atoms with Crippen molar-refractivity contribution in [3.63, 3.8) is 0 Å². The summed E-state index contributed by atoms with van der Waals surface area (Å²) in [7, 11) is 0. The monoisotopic (exact) mass is 158 g/mol. The fourth-order valence-corrected chi connectivity index (χ4v) is 1.17. The van der Waals surface area contributed by atoms with Gasteiger partial charge < -0.3 is 11.5 Å². The summed E-state index contributed by atoms with van der Waals surface area (Å²) in [5, 5.41) is 0. The maximum absolute atomic E-state index is 5.45. The first-order chi connectivity index (χ1) is 5.16. The van der Waals surface area contributed by atoms with Crippen LogP contribution in [0.1, 0.15) is 46.0 Å². The fraction of sp³-hybridized carbons (Fsp3) is 1.00. The van der Waals surface area contributed by atoms with Gasteiger partial charge in [0.25, 0.3) is 0 Å². The minimum absolute atomic E-state index is 0.112. The Morgan fingerprint density at radius 1 is 1.09 bits per heavy atom. The van der Waals surface area contributed by atoms with Gasteiger partial charge in [-0.2, -0.15) is 0 Å². The summed E-state index contributed by atoms with van der Waals surface area (Å²) in [6, 6.07) is 0. The largest absolute Gasteiger partial charge is 0.316 e. The van der Waals surface area contributed by atoms with Crippen molar-refractivity contribution in [3.8, 4) is 0 Å². The van der Waals surface area contributed by atoms with Crippen molar-refractivity contribution < 1.29 is 0 Å². The van der Waals surface area contributed by atoms with Crippen LogP contribution in [0, 0.1) is 5.92 Å². The summed E-state index contributed by atoms with van der Waals surface area (Å²) < 4.78 is 0. The van der Waals surface area contributed by atoms with E-state index in [1.165, 1.54) is 25.7 Å². The van der Waals surface area contributed by atoms with Crippen LogP contribution in [-0.4, -0.2) is 6.17 Å². The molecule has 0 aromatic heterocycles. The average molecular weight is 158 g/mol. The molecule has 0 aliphatic rings. The Balaban J connectivity index is 3.15. The smallest absolute Gasteiger partial charge is 0.0520 e. The SMILES string of the molecule is CCCCC(C)CCC(N)N. The fourth-order valence-electron chi connectivity index (χ4n) is 1.17. The number of hydrogen-bond donors (Lipinski definition) is 2. The molecular formula is C9H22N2. The van der Waals surface area contributed by atoms with E-state index in [2.05, 4.69) is 13.8 Å². The van der Waals surface area contributed by atoms with Crippen molar-refractivity contribution in [2.24, 2.45) is 17.4 Å². The molecule has 0 rings (SSSR count). The maximum atomic E-state index is 5.45. The minimum atomic E-state index is -0.112. The van der Waals surface area contributed by atoms with Gasteiger partial charge in [0.15, 0.2) is 0 Å². The van der Waals surface area contributed by atoms with Crippen LogP contribution in [0.2, 0.25) is 0 Å². The van der Waals surface area contributed by atoms with E-state index in [9.17, 15) is 0 Å².